The van der Waals surface area contributed by atoms with Crippen molar-refractivity contribution in [3.63, 3.8) is 0 Å². The summed E-state index contributed by atoms with van der Waals surface area (Å²) in [6.07, 6.45) is 1.37. The van der Waals surface area contributed by atoms with E-state index in [1.165, 1.54) is 23.5 Å². The number of thiazole rings is 1. The summed E-state index contributed by atoms with van der Waals surface area (Å²) < 4.78 is 26.2. The van der Waals surface area contributed by atoms with Gasteiger partial charge in [-0.3, -0.25) is 0 Å². The zero-order valence-corrected chi connectivity index (χ0v) is 10.3. The van der Waals surface area contributed by atoms with E-state index in [9.17, 15) is 8.78 Å². The van der Waals surface area contributed by atoms with Gasteiger partial charge in [0.05, 0.1) is 5.57 Å². The summed E-state index contributed by atoms with van der Waals surface area (Å²) in [5.74, 6) is -1.34. The van der Waals surface area contributed by atoms with Crippen LogP contribution in [0.25, 0.3) is 11.6 Å². The molecule has 0 aliphatic heterocycles. The Hall–Kier alpha value is -2.06. The molecule has 0 radical (unpaired) electrons. The molecule has 2 rings (SSSR count). The maximum atomic E-state index is 13.5. The number of halogens is 2. The minimum Gasteiger partial charge on any atom is -0.241 e. The van der Waals surface area contributed by atoms with E-state index in [0.29, 0.717) is 5.01 Å². The molecule has 0 unspecified atom stereocenters. The molecule has 0 saturated carbocycles. The molecular formula is C13H8F2N2S. The first kappa shape index (κ1) is 12.4. The van der Waals surface area contributed by atoms with Gasteiger partial charge in [0.15, 0.2) is 0 Å². The number of benzene rings is 1. The summed E-state index contributed by atoms with van der Waals surface area (Å²) in [5.41, 5.74) is 1.23. The maximum absolute atomic E-state index is 13.5. The van der Waals surface area contributed by atoms with Gasteiger partial charge >= 0.3 is 0 Å². The molecule has 5 heteroatoms. The van der Waals surface area contributed by atoms with Crippen molar-refractivity contribution in [2.24, 2.45) is 0 Å². The molecule has 0 fully saturated rings. The van der Waals surface area contributed by atoms with Crippen LogP contribution in [0.1, 0.15) is 16.3 Å². The van der Waals surface area contributed by atoms with Gasteiger partial charge in [-0.2, -0.15) is 5.26 Å². The van der Waals surface area contributed by atoms with Gasteiger partial charge in [0.25, 0.3) is 0 Å². The van der Waals surface area contributed by atoms with Crippen molar-refractivity contribution in [1.29, 1.82) is 5.26 Å². The van der Waals surface area contributed by atoms with E-state index in [-0.39, 0.29) is 11.1 Å². The highest BCUT2D eigenvalue weighted by molar-refractivity contribution is 7.11. The summed E-state index contributed by atoms with van der Waals surface area (Å²) >= 11 is 1.31. The van der Waals surface area contributed by atoms with Gasteiger partial charge < -0.3 is 0 Å². The van der Waals surface area contributed by atoms with Gasteiger partial charge in [-0.1, -0.05) is 0 Å². The van der Waals surface area contributed by atoms with E-state index in [1.54, 1.807) is 0 Å². The van der Waals surface area contributed by atoms with Crippen molar-refractivity contribution < 1.29 is 8.78 Å². The van der Waals surface area contributed by atoms with Crippen LogP contribution in [0.5, 0.6) is 0 Å². The van der Waals surface area contributed by atoms with E-state index in [2.05, 4.69) is 4.98 Å². The maximum Gasteiger partial charge on any atom is 0.134 e. The monoisotopic (exact) mass is 262 g/mol. The number of aromatic nitrogens is 1. The number of rotatable bonds is 2. The van der Waals surface area contributed by atoms with Gasteiger partial charge in [0.2, 0.25) is 0 Å². The molecule has 0 atom stereocenters. The Morgan fingerprint density at radius 2 is 2.22 bits per heavy atom. The Kier molecular flexibility index (Phi) is 3.49. The Balaban J connectivity index is 2.45. The molecule has 0 bridgehead atoms. The second-order valence-corrected chi connectivity index (χ2v) is 4.49. The van der Waals surface area contributed by atoms with E-state index in [4.69, 9.17) is 5.26 Å². The van der Waals surface area contributed by atoms with Gasteiger partial charge in [0, 0.05) is 22.7 Å². The molecule has 1 aromatic carbocycles. The first-order chi connectivity index (χ1) is 8.60. The topological polar surface area (TPSA) is 36.7 Å². The molecule has 0 amide bonds. The predicted molar refractivity (Wildman–Crippen MR) is 66.7 cm³/mol. The van der Waals surface area contributed by atoms with E-state index >= 15 is 0 Å². The fraction of sp³-hybridized carbons (Fsp3) is 0.0769. The Bertz CT molecular complexity index is 653. The number of hydrogen-bond donors (Lipinski definition) is 0. The second-order valence-electron chi connectivity index (χ2n) is 3.63. The molecule has 1 aromatic heterocycles. The molecule has 1 heterocycles. The van der Waals surface area contributed by atoms with Crippen molar-refractivity contribution in [3.8, 4) is 6.07 Å². The number of nitriles is 1. The van der Waals surface area contributed by atoms with Crippen LogP contribution in [-0.2, 0) is 0 Å². The zero-order valence-electron chi connectivity index (χ0n) is 9.45. The normalized spacial score (nSPS) is 11.3. The van der Waals surface area contributed by atoms with Crippen LogP contribution in [0.3, 0.4) is 0 Å². The molecule has 0 aliphatic carbocycles. The van der Waals surface area contributed by atoms with Gasteiger partial charge in [-0.05, 0) is 25.1 Å². The van der Waals surface area contributed by atoms with Crippen molar-refractivity contribution in [3.05, 3.63) is 51.5 Å². The molecule has 0 saturated heterocycles. The van der Waals surface area contributed by atoms with E-state index in [0.717, 1.165) is 17.8 Å². The average molecular weight is 262 g/mol. The lowest BCUT2D eigenvalue weighted by molar-refractivity contribution is 0.581. The smallest absolute Gasteiger partial charge is 0.134 e. The third-order valence-electron chi connectivity index (χ3n) is 2.23. The highest BCUT2D eigenvalue weighted by Gasteiger charge is 2.08. The van der Waals surface area contributed by atoms with Crippen molar-refractivity contribution in [1.82, 2.24) is 4.98 Å². The quantitative estimate of drug-likeness (QED) is 0.772. The molecule has 0 N–H and O–H groups in total. The lowest BCUT2D eigenvalue weighted by Gasteiger charge is -1.98. The molecule has 18 heavy (non-hydrogen) atoms. The van der Waals surface area contributed by atoms with Crippen LogP contribution in [0, 0.1) is 29.9 Å². The fourth-order valence-corrected chi connectivity index (χ4v) is 2.16. The van der Waals surface area contributed by atoms with Crippen LogP contribution < -0.4 is 0 Å². The summed E-state index contributed by atoms with van der Waals surface area (Å²) in [6.45, 7) is 1.81. The Labute approximate surface area is 107 Å². The number of hydrogen-bond acceptors (Lipinski definition) is 3. The lowest BCUT2D eigenvalue weighted by Crippen LogP contribution is -1.87. The van der Waals surface area contributed by atoms with Crippen LogP contribution in [0.15, 0.2) is 23.6 Å². The molecule has 2 nitrogen and oxygen atoms in total. The molecular weight excluding hydrogens is 254 g/mol. The molecule has 0 aliphatic rings. The number of allylic oxidation sites excluding steroid dienone is 1. The van der Waals surface area contributed by atoms with Crippen molar-refractivity contribution in [2.45, 2.75) is 6.92 Å². The Morgan fingerprint density at radius 1 is 1.44 bits per heavy atom. The van der Waals surface area contributed by atoms with Crippen LogP contribution in [0.4, 0.5) is 8.78 Å². The standard InChI is InChI=1S/C13H8F2N2S/c1-8-7-18-13(17-8)10(6-16)4-9-2-3-11(14)5-12(9)15/h2-5,7H,1H3/b10-4-. The summed E-state index contributed by atoms with van der Waals surface area (Å²) in [4.78, 5) is 4.16. The minimum absolute atomic E-state index is 0.167. The molecule has 2 aromatic rings. The third-order valence-corrected chi connectivity index (χ3v) is 3.23. The van der Waals surface area contributed by atoms with Gasteiger partial charge in [-0.15, -0.1) is 11.3 Å². The van der Waals surface area contributed by atoms with Crippen LogP contribution >= 0.6 is 11.3 Å². The van der Waals surface area contributed by atoms with E-state index in [1.807, 2.05) is 18.4 Å². The molecule has 0 spiro atoms. The first-order valence-corrected chi connectivity index (χ1v) is 5.97. The zero-order chi connectivity index (χ0) is 13.1. The average Bonchev–Trinajstić information content (AvgIpc) is 2.75. The SMILES string of the molecule is Cc1csc(/C(C#N)=C\c2ccc(F)cc2F)n1. The van der Waals surface area contributed by atoms with Gasteiger partial charge in [-0.25, -0.2) is 13.8 Å². The van der Waals surface area contributed by atoms with Gasteiger partial charge in [0.1, 0.15) is 22.7 Å². The van der Waals surface area contributed by atoms with Crippen LogP contribution in [0.2, 0.25) is 0 Å². The van der Waals surface area contributed by atoms with E-state index < -0.39 is 11.6 Å². The molecule has 90 valence electrons. The number of aryl methyl sites for hydroxylation is 1. The number of nitrogens with zero attached hydrogens (tertiary/aromatic N) is 2. The highest BCUT2D eigenvalue weighted by Crippen LogP contribution is 2.22. The fourth-order valence-electron chi connectivity index (χ4n) is 1.39. The third kappa shape index (κ3) is 2.60. The predicted octanol–water partition coefficient (Wildman–Crippen LogP) is 3.79. The van der Waals surface area contributed by atoms with Crippen molar-refractivity contribution >= 4 is 23.0 Å². The minimum atomic E-state index is -0.698. The van der Waals surface area contributed by atoms with Crippen molar-refractivity contribution in [2.75, 3.05) is 0 Å². The second kappa shape index (κ2) is 5.07. The summed E-state index contributed by atoms with van der Waals surface area (Å²) in [5, 5.41) is 11.4. The largest absolute Gasteiger partial charge is 0.241 e. The first-order valence-electron chi connectivity index (χ1n) is 5.09. The Morgan fingerprint density at radius 3 is 2.78 bits per heavy atom. The summed E-state index contributed by atoms with van der Waals surface area (Å²) in [6, 6.07) is 5.20. The summed E-state index contributed by atoms with van der Waals surface area (Å²) in [7, 11) is 0. The van der Waals surface area contributed by atoms with Crippen LogP contribution in [-0.4, -0.2) is 4.98 Å². The highest BCUT2D eigenvalue weighted by atomic mass is 32.1. The lowest BCUT2D eigenvalue weighted by atomic mass is 10.1.